The van der Waals surface area contributed by atoms with Gasteiger partial charge in [-0.05, 0) is 59.3 Å². The van der Waals surface area contributed by atoms with Gasteiger partial charge in [0.25, 0.3) is 0 Å². The quantitative estimate of drug-likeness (QED) is 0.785. The number of esters is 1. The van der Waals surface area contributed by atoms with Gasteiger partial charge in [-0.2, -0.15) is 0 Å². The highest BCUT2D eigenvalue weighted by Crippen LogP contribution is 2.34. The van der Waals surface area contributed by atoms with E-state index in [1.165, 1.54) is 5.56 Å². The SMILES string of the molecule is CCOC(=O)c1cnc2c(C)cc(C)cc2c1N1CCC(N(C)C)CC1. The highest BCUT2D eigenvalue weighted by molar-refractivity contribution is 6.06. The summed E-state index contributed by atoms with van der Waals surface area (Å²) in [5.74, 6) is -0.286. The first-order valence-electron chi connectivity index (χ1n) is 9.40. The molecule has 26 heavy (non-hydrogen) atoms. The second-order valence-electron chi connectivity index (χ2n) is 7.40. The lowest BCUT2D eigenvalue weighted by Crippen LogP contribution is -2.42. The molecule has 5 heteroatoms. The Bertz CT molecular complexity index is 808. The second-order valence-corrected chi connectivity index (χ2v) is 7.40. The molecule has 0 saturated carbocycles. The Morgan fingerprint density at radius 3 is 2.58 bits per heavy atom. The summed E-state index contributed by atoms with van der Waals surface area (Å²) in [6.45, 7) is 8.23. The fourth-order valence-electron chi connectivity index (χ4n) is 3.95. The van der Waals surface area contributed by atoms with Crippen molar-refractivity contribution in [1.29, 1.82) is 0 Å². The van der Waals surface area contributed by atoms with Gasteiger partial charge in [0, 0.05) is 30.7 Å². The van der Waals surface area contributed by atoms with E-state index in [1.807, 2.05) is 6.92 Å². The van der Waals surface area contributed by atoms with E-state index in [-0.39, 0.29) is 5.97 Å². The van der Waals surface area contributed by atoms with Crippen LogP contribution in [0.2, 0.25) is 0 Å². The van der Waals surface area contributed by atoms with Crippen LogP contribution in [0.4, 0.5) is 5.69 Å². The van der Waals surface area contributed by atoms with Crippen LogP contribution in [0.25, 0.3) is 10.9 Å². The summed E-state index contributed by atoms with van der Waals surface area (Å²) >= 11 is 0. The van der Waals surface area contributed by atoms with Crippen LogP contribution < -0.4 is 4.90 Å². The third-order valence-electron chi connectivity index (χ3n) is 5.28. The van der Waals surface area contributed by atoms with Gasteiger partial charge in [0.1, 0.15) is 5.56 Å². The van der Waals surface area contributed by atoms with Crippen LogP contribution in [-0.4, -0.2) is 55.7 Å². The molecule has 0 bridgehead atoms. The maximum atomic E-state index is 12.6. The van der Waals surface area contributed by atoms with Crippen molar-refractivity contribution in [2.24, 2.45) is 0 Å². The predicted octanol–water partition coefficient (Wildman–Crippen LogP) is 3.56. The number of benzene rings is 1. The molecule has 2 heterocycles. The largest absolute Gasteiger partial charge is 0.462 e. The summed E-state index contributed by atoms with van der Waals surface area (Å²) in [4.78, 5) is 21.8. The van der Waals surface area contributed by atoms with Gasteiger partial charge in [-0.25, -0.2) is 4.79 Å². The van der Waals surface area contributed by atoms with Gasteiger partial charge in [0.2, 0.25) is 0 Å². The Morgan fingerprint density at radius 2 is 1.96 bits per heavy atom. The van der Waals surface area contributed by atoms with Crippen molar-refractivity contribution in [3.05, 3.63) is 35.0 Å². The maximum absolute atomic E-state index is 12.6. The van der Waals surface area contributed by atoms with E-state index in [9.17, 15) is 4.79 Å². The lowest BCUT2D eigenvalue weighted by Gasteiger charge is -2.37. The van der Waals surface area contributed by atoms with Crippen molar-refractivity contribution < 1.29 is 9.53 Å². The number of fused-ring (bicyclic) bond motifs is 1. The number of carbonyl (C=O) groups is 1. The average molecular weight is 355 g/mol. The van der Waals surface area contributed by atoms with Crippen LogP contribution >= 0.6 is 0 Å². The summed E-state index contributed by atoms with van der Waals surface area (Å²) in [7, 11) is 4.28. The summed E-state index contributed by atoms with van der Waals surface area (Å²) in [6.07, 6.45) is 3.86. The zero-order chi connectivity index (χ0) is 18.8. The number of ether oxygens (including phenoxy) is 1. The molecule has 0 radical (unpaired) electrons. The van der Waals surface area contributed by atoms with E-state index in [0.717, 1.165) is 48.1 Å². The molecule has 1 fully saturated rings. The fraction of sp³-hybridized carbons (Fsp3) is 0.524. The third-order valence-corrected chi connectivity index (χ3v) is 5.28. The summed E-state index contributed by atoms with van der Waals surface area (Å²) < 4.78 is 5.31. The molecule has 1 aliphatic rings. The first-order chi connectivity index (χ1) is 12.4. The van der Waals surface area contributed by atoms with E-state index in [1.54, 1.807) is 6.20 Å². The predicted molar refractivity (Wildman–Crippen MR) is 106 cm³/mol. The van der Waals surface area contributed by atoms with Gasteiger partial charge in [-0.1, -0.05) is 11.6 Å². The van der Waals surface area contributed by atoms with E-state index >= 15 is 0 Å². The van der Waals surface area contributed by atoms with Gasteiger partial charge in [0.05, 0.1) is 17.8 Å². The van der Waals surface area contributed by atoms with Crippen LogP contribution in [0, 0.1) is 13.8 Å². The highest BCUT2D eigenvalue weighted by atomic mass is 16.5. The van der Waals surface area contributed by atoms with Crippen molar-refractivity contribution >= 4 is 22.6 Å². The number of aromatic nitrogens is 1. The van der Waals surface area contributed by atoms with Crippen LogP contribution in [0.5, 0.6) is 0 Å². The topological polar surface area (TPSA) is 45.7 Å². The molecule has 1 saturated heterocycles. The van der Waals surface area contributed by atoms with Crippen molar-refractivity contribution in [3.63, 3.8) is 0 Å². The summed E-state index contributed by atoms with van der Waals surface area (Å²) in [5.41, 5.74) is 4.85. The van der Waals surface area contributed by atoms with Gasteiger partial charge in [-0.3, -0.25) is 4.98 Å². The van der Waals surface area contributed by atoms with Gasteiger partial charge >= 0.3 is 5.97 Å². The zero-order valence-electron chi connectivity index (χ0n) is 16.5. The molecule has 1 aliphatic heterocycles. The molecule has 140 valence electrons. The Hall–Kier alpha value is -2.14. The van der Waals surface area contributed by atoms with Crippen LogP contribution in [-0.2, 0) is 4.74 Å². The average Bonchev–Trinajstić information content (AvgIpc) is 2.61. The van der Waals surface area contributed by atoms with Crippen LogP contribution in [0.3, 0.4) is 0 Å². The molecule has 5 nitrogen and oxygen atoms in total. The third kappa shape index (κ3) is 3.54. The Kier molecular flexibility index (Phi) is 5.47. The molecule has 0 amide bonds. The van der Waals surface area contributed by atoms with E-state index in [2.05, 4.69) is 54.9 Å². The van der Waals surface area contributed by atoms with Gasteiger partial charge in [-0.15, -0.1) is 0 Å². The first kappa shape index (κ1) is 18.6. The molecule has 1 aromatic heterocycles. The smallest absolute Gasteiger partial charge is 0.341 e. The summed E-state index contributed by atoms with van der Waals surface area (Å²) in [6, 6.07) is 4.88. The number of rotatable bonds is 4. The molecule has 0 aliphatic carbocycles. The number of aryl methyl sites for hydroxylation is 2. The van der Waals surface area contributed by atoms with Crippen molar-refractivity contribution in [1.82, 2.24) is 9.88 Å². The molecule has 0 atom stereocenters. The molecular formula is C21H29N3O2. The number of pyridine rings is 1. The van der Waals surface area contributed by atoms with E-state index in [0.29, 0.717) is 18.2 Å². The second kappa shape index (κ2) is 7.62. The molecule has 0 unspecified atom stereocenters. The van der Waals surface area contributed by atoms with Crippen molar-refractivity contribution in [3.8, 4) is 0 Å². The molecule has 0 N–H and O–H groups in total. The van der Waals surface area contributed by atoms with E-state index in [4.69, 9.17) is 4.74 Å². The van der Waals surface area contributed by atoms with Gasteiger partial charge < -0.3 is 14.5 Å². The minimum atomic E-state index is -0.286. The maximum Gasteiger partial charge on any atom is 0.341 e. The lowest BCUT2D eigenvalue weighted by atomic mass is 9.98. The summed E-state index contributed by atoms with van der Waals surface area (Å²) in [5, 5.41) is 1.05. The number of piperidine rings is 1. The monoisotopic (exact) mass is 355 g/mol. The Balaban J connectivity index is 2.10. The van der Waals surface area contributed by atoms with Gasteiger partial charge in [0.15, 0.2) is 0 Å². The van der Waals surface area contributed by atoms with Crippen LogP contribution in [0.1, 0.15) is 41.3 Å². The van der Waals surface area contributed by atoms with Crippen LogP contribution in [0.15, 0.2) is 18.3 Å². The number of hydrogen-bond donors (Lipinski definition) is 0. The van der Waals surface area contributed by atoms with Crippen molar-refractivity contribution in [2.75, 3.05) is 38.7 Å². The zero-order valence-corrected chi connectivity index (χ0v) is 16.5. The number of nitrogens with zero attached hydrogens (tertiary/aromatic N) is 3. The van der Waals surface area contributed by atoms with Crippen molar-refractivity contribution in [2.45, 2.75) is 39.7 Å². The lowest BCUT2D eigenvalue weighted by molar-refractivity contribution is 0.0526. The normalized spacial score (nSPS) is 15.7. The first-order valence-corrected chi connectivity index (χ1v) is 9.40. The fourth-order valence-corrected chi connectivity index (χ4v) is 3.95. The number of carbonyl (C=O) groups excluding carboxylic acids is 1. The Morgan fingerprint density at radius 1 is 1.27 bits per heavy atom. The standard InChI is InChI=1S/C21H29N3O2/c1-6-26-21(25)18-13-22-19-15(3)11-14(2)12-17(19)20(18)24-9-7-16(8-10-24)23(4)5/h11-13,16H,6-10H2,1-5H3. The molecule has 3 rings (SSSR count). The minimum absolute atomic E-state index is 0.286. The molecule has 1 aromatic carbocycles. The van der Waals surface area contributed by atoms with E-state index < -0.39 is 0 Å². The Labute approximate surface area is 156 Å². The highest BCUT2D eigenvalue weighted by Gasteiger charge is 2.27. The molecule has 0 spiro atoms. The minimum Gasteiger partial charge on any atom is -0.462 e. The number of hydrogen-bond acceptors (Lipinski definition) is 5. The molecule has 2 aromatic rings. The number of anilines is 1. The molecular weight excluding hydrogens is 326 g/mol.